The van der Waals surface area contributed by atoms with Crippen molar-refractivity contribution in [3.8, 4) is 5.88 Å². The first-order chi connectivity index (χ1) is 34.7. The molecule has 6 aliphatic rings. The second-order valence-electron chi connectivity index (χ2n) is 22.1. The van der Waals surface area contributed by atoms with E-state index in [1.54, 1.807) is 13.2 Å². The fourth-order valence-electron chi connectivity index (χ4n) is 12.8. The number of carbonyl (C=O) groups excluding carboxylic acids is 1. The molecule has 2 aliphatic carbocycles. The highest BCUT2D eigenvalue weighted by molar-refractivity contribution is 7.90. The van der Waals surface area contributed by atoms with Gasteiger partial charge >= 0.3 is 0 Å². The number of aromatic amines is 1. The van der Waals surface area contributed by atoms with Crippen molar-refractivity contribution in [2.24, 2.45) is 17.3 Å². The van der Waals surface area contributed by atoms with Gasteiger partial charge in [-0.05, 0) is 149 Å². The average molecular weight is 1000 g/mol. The maximum absolute atomic E-state index is 14.7. The minimum Gasteiger partial charge on any atom is -0.470 e. The Bertz CT molecular complexity index is 2960. The van der Waals surface area contributed by atoms with Crippen molar-refractivity contribution in [1.82, 2.24) is 19.6 Å². The number of nitro groups is 1. The highest BCUT2D eigenvalue weighted by Crippen LogP contribution is 2.55. The van der Waals surface area contributed by atoms with Gasteiger partial charge in [0.15, 0.2) is 0 Å². The lowest BCUT2D eigenvalue weighted by molar-refractivity contribution is -0.384. The number of aromatic nitrogens is 2. The van der Waals surface area contributed by atoms with Gasteiger partial charge in [0.25, 0.3) is 21.6 Å². The molecule has 3 aromatic carbocycles. The summed E-state index contributed by atoms with van der Waals surface area (Å²) < 4.78 is 48.8. The smallest absolute Gasteiger partial charge is 0.293 e. The summed E-state index contributed by atoms with van der Waals surface area (Å²) in [6.07, 6.45) is 12.1. The summed E-state index contributed by atoms with van der Waals surface area (Å²) in [5, 5.41) is 16.5. The van der Waals surface area contributed by atoms with Crippen molar-refractivity contribution >= 4 is 55.4 Å². The molecule has 17 heteroatoms. The van der Waals surface area contributed by atoms with Crippen molar-refractivity contribution < 1.29 is 32.3 Å². The van der Waals surface area contributed by atoms with Gasteiger partial charge in [0.2, 0.25) is 5.88 Å². The number of nitro benzene ring substituents is 1. The first kappa shape index (κ1) is 48.5. The zero-order chi connectivity index (χ0) is 49.9. The predicted molar refractivity (Wildman–Crippen MR) is 278 cm³/mol. The molecule has 2 saturated carbocycles. The number of hydrogen-bond acceptors (Lipinski definition) is 13. The van der Waals surface area contributed by atoms with E-state index in [2.05, 4.69) is 69.9 Å². The number of fused-ring (bicyclic) bond motifs is 3. The lowest BCUT2D eigenvalue weighted by Gasteiger charge is -2.56. The van der Waals surface area contributed by atoms with Crippen molar-refractivity contribution in [2.45, 2.75) is 120 Å². The van der Waals surface area contributed by atoms with E-state index in [1.807, 2.05) is 35.4 Å². The van der Waals surface area contributed by atoms with Crippen LogP contribution in [-0.4, -0.2) is 105 Å². The molecule has 3 saturated heterocycles. The molecular formula is C55H68N8O8S. The highest BCUT2D eigenvalue weighted by atomic mass is 32.2. The topological polar surface area (TPSA) is 184 Å². The van der Waals surface area contributed by atoms with E-state index in [0.29, 0.717) is 72.6 Å². The van der Waals surface area contributed by atoms with Crippen molar-refractivity contribution in [3.63, 3.8) is 0 Å². The Hall–Kier alpha value is -5.75. The fourth-order valence-corrected chi connectivity index (χ4v) is 13.8. The van der Waals surface area contributed by atoms with Gasteiger partial charge in [-0.2, -0.15) is 4.98 Å². The number of likely N-dealkylation sites (tertiary alicyclic amines) is 1. The summed E-state index contributed by atoms with van der Waals surface area (Å²) in [6, 6.07) is 23.3. The maximum atomic E-state index is 14.7. The number of ether oxygens (including phenoxy) is 3. The molecular weight excluding hydrogens is 933 g/mol. The van der Waals surface area contributed by atoms with Gasteiger partial charge in [-0.15, -0.1) is 0 Å². The van der Waals surface area contributed by atoms with Crippen LogP contribution in [0.1, 0.15) is 118 Å². The number of H-pyrrole nitrogens is 1. The number of pyridine rings is 1. The molecule has 3 N–H and O–H groups in total. The number of nitrogens with zero attached hydrogens (tertiary/aromatic N) is 5. The summed E-state index contributed by atoms with van der Waals surface area (Å²) in [4.78, 5) is 41.4. The first-order valence-electron chi connectivity index (χ1n) is 26.1. The molecule has 0 radical (unpaired) electrons. The number of hydrogen-bond donors (Lipinski definition) is 3. The SMILES string of the molecule is COC1(C)CCC(CNc2ccc(S(=O)(=O)NC(=O)c3ccc(N4CCC5(CC4)CC(N4CCC[C@H]4c4ccccc4C(C)C)C5)cc3N3C[C@H]4COC[C@H]4Oc4nc5[nH]ccc5cc43)cc2[N+](=O)[O-])CC1. The Kier molecular flexibility index (Phi) is 13.0. The zero-order valence-electron chi connectivity index (χ0n) is 41.9. The molecule has 3 atom stereocenters. The molecule has 4 aliphatic heterocycles. The van der Waals surface area contributed by atoms with E-state index in [4.69, 9.17) is 19.2 Å². The minimum absolute atomic E-state index is 0.0763. The Morgan fingerprint density at radius 1 is 0.972 bits per heavy atom. The quantitative estimate of drug-likeness (QED) is 0.0749. The number of benzene rings is 3. The maximum Gasteiger partial charge on any atom is 0.293 e. The van der Waals surface area contributed by atoms with Crippen molar-refractivity contribution in [3.05, 3.63) is 106 Å². The molecule has 11 rings (SSSR count). The summed E-state index contributed by atoms with van der Waals surface area (Å²) in [5.74, 6) is 0.219. The number of anilines is 4. The predicted octanol–water partition coefficient (Wildman–Crippen LogP) is 9.85. The van der Waals surface area contributed by atoms with E-state index in [9.17, 15) is 23.3 Å². The Labute approximate surface area is 422 Å². The van der Waals surface area contributed by atoms with Crippen LogP contribution in [0.2, 0.25) is 0 Å². The number of rotatable bonds is 13. The number of piperidine rings is 1. The number of amides is 1. The second-order valence-corrected chi connectivity index (χ2v) is 23.8. The third-order valence-electron chi connectivity index (χ3n) is 17.3. The number of carbonyl (C=O) groups is 1. The lowest BCUT2D eigenvalue weighted by atomic mass is 9.59. The van der Waals surface area contributed by atoms with Gasteiger partial charge in [0.05, 0.1) is 39.9 Å². The molecule has 6 heterocycles. The normalized spacial score (nSPS) is 25.5. The molecule has 2 aromatic heterocycles. The summed E-state index contributed by atoms with van der Waals surface area (Å²) in [6.45, 7) is 11.3. The van der Waals surface area contributed by atoms with Crippen LogP contribution in [-0.2, 0) is 19.5 Å². The van der Waals surface area contributed by atoms with Crippen molar-refractivity contribution in [1.29, 1.82) is 0 Å². The standard InChI is InChI=1S/C55H68N8O8S/c1-35(2)42-8-5-6-9-43(42)46-10-7-23-61(46)40-29-55(30-40)20-24-60(25-21-55)39-11-13-44(47(27-39)62-32-38-33-70-34-50(38)71-53-49(62)26-37-17-22-56-51(37)58-53)52(64)59-72(67,68)41-12-14-45(48(28-41)63(65)66)57-31-36-15-18-54(3,69-4)19-16-36/h5-6,8-9,11-14,17,22,26-28,35-36,38,40,46,50,57H,7,10,15-16,18-21,23-25,29-34H2,1-4H3,(H,56,58)(H,59,64)/t36?,38-,46-,50+,54?/m0/s1. The van der Waals surface area contributed by atoms with Crippen LogP contribution >= 0.6 is 0 Å². The number of methoxy groups -OCH3 is 1. The van der Waals surface area contributed by atoms with Crippen LogP contribution in [0.15, 0.2) is 83.9 Å². The average Bonchev–Trinajstić information content (AvgIpc) is 4.14. The molecule has 16 nitrogen and oxygen atoms in total. The van der Waals surface area contributed by atoms with Crippen LogP contribution in [0, 0.1) is 27.4 Å². The Morgan fingerprint density at radius 3 is 2.53 bits per heavy atom. The van der Waals surface area contributed by atoms with E-state index < -0.39 is 20.9 Å². The zero-order valence-corrected chi connectivity index (χ0v) is 42.7. The van der Waals surface area contributed by atoms with Crippen LogP contribution in [0.3, 0.4) is 0 Å². The van der Waals surface area contributed by atoms with Gasteiger partial charge in [-0.1, -0.05) is 38.1 Å². The van der Waals surface area contributed by atoms with E-state index in [-0.39, 0.29) is 45.4 Å². The fraction of sp³-hybridized carbons (Fsp3) is 0.527. The largest absolute Gasteiger partial charge is 0.470 e. The first-order valence-corrected chi connectivity index (χ1v) is 27.6. The van der Waals surface area contributed by atoms with Crippen LogP contribution < -0.4 is 24.6 Å². The van der Waals surface area contributed by atoms with Crippen LogP contribution in [0.25, 0.3) is 11.0 Å². The Morgan fingerprint density at radius 2 is 1.76 bits per heavy atom. The highest BCUT2D eigenvalue weighted by Gasteiger charge is 2.50. The number of nitrogens with one attached hydrogen (secondary N) is 3. The second kappa shape index (κ2) is 19.3. The van der Waals surface area contributed by atoms with E-state index in [0.717, 1.165) is 75.3 Å². The van der Waals surface area contributed by atoms with Gasteiger partial charge in [0, 0.05) is 74.6 Å². The lowest BCUT2D eigenvalue weighted by Crippen LogP contribution is -2.55. The van der Waals surface area contributed by atoms with Crippen LogP contribution in [0.5, 0.6) is 5.88 Å². The summed E-state index contributed by atoms with van der Waals surface area (Å²) in [5.41, 5.74) is 5.78. The number of sulfonamides is 1. The summed E-state index contributed by atoms with van der Waals surface area (Å²) >= 11 is 0. The molecule has 0 bridgehead atoms. The Balaban J connectivity index is 0.854. The van der Waals surface area contributed by atoms with Crippen LogP contribution in [0.4, 0.5) is 28.4 Å². The summed E-state index contributed by atoms with van der Waals surface area (Å²) in [7, 11) is -2.87. The molecule has 72 heavy (non-hydrogen) atoms. The van der Waals surface area contributed by atoms with Gasteiger partial charge < -0.3 is 34.3 Å². The molecule has 1 spiro atoms. The molecule has 5 aromatic rings. The molecule has 5 fully saturated rings. The van der Waals surface area contributed by atoms with Gasteiger partial charge in [-0.3, -0.25) is 19.8 Å². The van der Waals surface area contributed by atoms with E-state index >= 15 is 0 Å². The molecule has 382 valence electrons. The molecule has 1 amide bonds. The third kappa shape index (κ3) is 9.30. The third-order valence-corrected chi connectivity index (χ3v) is 18.6. The van der Waals surface area contributed by atoms with Crippen molar-refractivity contribution in [2.75, 3.05) is 68.2 Å². The molecule has 0 unspecified atom stereocenters. The van der Waals surface area contributed by atoms with Gasteiger partial charge in [-0.25, -0.2) is 13.1 Å². The monoisotopic (exact) mass is 1000 g/mol. The van der Waals surface area contributed by atoms with Gasteiger partial charge in [0.1, 0.15) is 23.1 Å². The minimum atomic E-state index is -4.60. The van der Waals surface area contributed by atoms with E-state index in [1.165, 1.54) is 48.9 Å².